The fraction of sp³-hybridized carbons (Fsp3) is 0.357. The number of hydrogen-bond donors (Lipinski definition) is 1. The lowest BCUT2D eigenvalue weighted by atomic mass is 10.1. The summed E-state index contributed by atoms with van der Waals surface area (Å²) in [6, 6.07) is 5.34. The Morgan fingerprint density at radius 2 is 2.10 bits per heavy atom. The zero-order valence-corrected chi connectivity index (χ0v) is 10.8. The Morgan fingerprint density at radius 3 is 2.75 bits per heavy atom. The van der Waals surface area contributed by atoms with Crippen molar-refractivity contribution in [3.63, 3.8) is 0 Å². The zero-order chi connectivity index (χ0) is 14.8. The van der Waals surface area contributed by atoms with Crippen molar-refractivity contribution in [3.05, 3.63) is 42.5 Å². The first-order valence-corrected chi connectivity index (χ1v) is 6.26. The third kappa shape index (κ3) is 3.12. The Labute approximate surface area is 115 Å². The Hall–Kier alpha value is -1.98. The predicted molar refractivity (Wildman–Crippen MR) is 70.4 cm³/mol. The summed E-state index contributed by atoms with van der Waals surface area (Å²) in [6.07, 6.45) is -2.60. The van der Waals surface area contributed by atoms with Gasteiger partial charge in [0.1, 0.15) is 0 Å². The molecule has 1 saturated heterocycles. The van der Waals surface area contributed by atoms with Crippen LogP contribution in [0.5, 0.6) is 0 Å². The number of benzene rings is 1. The van der Waals surface area contributed by atoms with Gasteiger partial charge in [0.15, 0.2) is 0 Å². The normalized spacial score (nSPS) is 18.9. The van der Waals surface area contributed by atoms with Gasteiger partial charge in [0, 0.05) is 24.8 Å². The summed E-state index contributed by atoms with van der Waals surface area (Å²) < 4.78 is 38.9. The molecule has 1 aliphatic heterocycles. The number of alkyl halides is 3. The summed E-state index contributed by atoms with van der Waals surface area (Å²) >= 11 is 0. The van der Waals surface area contributed by atoms with Crippen molar-refractivity contribution < 1.29 is 18.0 Å². The van der Waals surface area contributed by atoms with E-state index in [0.29, 0.717) is 19.5 Å². The molecule has 0 spiro atoms. The number of carbonyl (C=O) groups is 1. The van der Waals surface area contributed by atoms with E-state index in [0.717, 1.165) is 12.1 Å². The molecular weight excluding hydrogens is 269 g/mol. The minimum Gasteiger partial charge on any atom is -0.369 e. The van der Waals surface area contributed by atoms with Crippen molar-refractivity contribution in [2.24, 2.45) is 0 Å². The minimum atomic E-state index is -4.38. The van der Waals surface area contributed by atoms with Crippen LogP contribution >= 0.6 is 0 Å². The third-order valence-electron chi connectivity index (χ3n) is 3.27. The molecule has 1 amide bonds. The molecule has 3 nitrogen and oxygen atoms in total. The van der Waals surface area contributed by atoms with E-state index >= 15 is 0 Å². The van der Waals surface area contributed by atoms with Crippen molar-refractivity contribution in [1.82, 2.24) is 5.32 Å². The minimum absolute atomic E-state index is 0.151. The van der Waals surface area contributed by atoms with Gasteiger partial charge < -0.3 is 10.2 Å². The molecule has 1 atom stereocenters. The van der Waals surface area contributed by atoms with Gasteiger partial charge in [-0.25, -0.2) is 0 Å². The average molecular weight is 284 g/mol. The molecule has 1 N–H and O–H groups in total. The van der Waals surface area contributed by atoms with E-state index in [1.165, 1.54) is 12.1 Å². The second-order valence-electron chi connectivity index (χ2n) is 4.66. The largest absolute Gasteiger partial charge is 0.418 e. The molecule has 0 unspecified atom stereocenters. The van der Waals surface area contributed by atoms with Crippen LogP contribution in [0.2, 0.25) is 0 Å². The Kier molecular flexibility index (Phi) is 4.01. The molecule has 1 aromatic carbocycles. The highest BCUT2D eigenvalue weighted by Crippen LogP contribution is 2.37. The number of nitrogens with zero attached hydrogens (tertiary/aromatic N) is 1. The lowest BCUT2D eigenvalue weighted by Crippen LogP contribution is -2.36. The molecule has 0 aromatic heterocycles. The number of halogens is 3. The van der Waals surface area contributed by atoms with Crippen LogP contribution in [0, 0.1) is 0 Å². The maximum atomic E-state index is 13.0. The van der Waals surface area contributed by atoms with Crippen molar-refractivity contribution >= 4 is 11.6 Å². The summed E-state index contributed by atoms with van der Waals surface area (Å²) in [6.45, 7) is 4.20. The molecule has 1 aromatic rings. The summed E-state index contributed by atoms with van der Waals surface area (Å²) in [5.74, 6) is -0.305. The summed E-state index contributed by atoms with van der Waals surface area (Å²) in [5, 5.41) is 2.71. The molecule has 6 heteroatoms. The molecule has 1 heterocycles. The molecule has 1 fully saturated rings. The van der Waals surface area contributed by atoms with Gasteiger partial charge in [-0.2, -0.15) is 13.2 Å². The fourth-order valence-corrected chi connectivity index (χ4v) is 2.35. The molecule has 0 bridgehead atoms. The third-order valence-corrected chi connectivity index (χ3v) is 3.27. The van der Waals surface area contributed by atoms with Crippen LogP contribution in [0.15, 0.2) is 36.9 Å². The monoisotopic (exact) mass is 284 g/mol. The fourth-order valence-electron chi connectivity index (χ4n) is 2.35. The van der Waals surface area contributed by atoms with E-state index in [1.807, 2.05) is 0 Å². The first kappa shape index (κ1) is 14.4. The first-order valence-electron chi connectivity index (χ1n) is 6.26. The molecule has 0 aliphatic carbocycles. The zero-order valence-electron chi connectivity index (χ0n) is 10.8. The quantitative estimate of drug-likeness (QED) is 0.865. The van der Waals surface area contributed by atoms with Gasteiger partial charge in [-0.15, -0.1) is 0 Å². The standard InChI is InChI=1S/C14H15F3N2O/c1-2-13(20)18-10-7-8-19(9-10)12-6-4-3-5-11(12)14(15,16)17/h2-6,10H,1,7-9H2,(H,18,20)/t10-/m0/s1. The van der Waals surface area contributed by atoms with Crippen LogP contribution in [0.1, 0.15) is 12.0 Å². The Bertz CT molecular complexity index is 513. The van der Waals surface area contributed by atoms with Gasteiger partial charge in [0.2, 0.25) is 5.91 Å². The van der Waals surface area contributed by atoms with E-state index in [-0.39, 0.29) is 17.6 Å². The average Bonchev–Trinajstić information content (AvgIpc) is 2.86. The molecule has 108 valence electrons. The van der Waals surface area contributed by atoms with Gasteiger partial charge >= 0.3 is 6.18 Å². The van der Waals surface area contributed by atoms with E-state index in [4.69, 9.17) is 0 Å². The van der Waals surface area contributed by atoms with Crippen LogP contribution in [-0.2, 0) is 11.0 Å². The lowest BCUT2D eigenvalue weighted by Gasteiger charge is -2.23. The maximum Gasteiger partial charge on any atom is 0.418 e. The lowest BCUT2D eigenvalue weighted by molar-refractivity contribution is -0.137. The number of amides is 1. The van der Waals surface area contributed by atoms with E-state index < -0.39 is 11.7 Å². The Balaban J connectivity index is 2.14. The highest BCUT2D eigenvalue weighted by Gasteiger charge is 2.36. The predicted octanol–water partition coefficient (Wildman–Crippen LogP) is 2.59. The topological polar surface area (TPSA) is 32.3 Å². The molecule has 0 radical (unpaired) electrons. The Morgan fingerprint density at radius 1 is 1.40 bits per heavy atom. The van der Waals surface area contributed by atoms with E-state index in [1.54, 1.807) is 11.0 Å². The van der Waals surface area contributed by atoms with Crippen LogP contribution in [-0.4, -0.2) is 25.0 Å². The van der Waals surface area contributed by atoms with Gasteiger partial charge in [0.05, 0.1) is 5.56 Å². The van der Waals surface area contributed by atoms with E-state index in [9.17, 15) is 18.0 Å². The summed E-state index contributed by atoms with van der Waals surface area (Å²) in [4.78, 5) is 12.9. The SMILES string of the molecule is C=CC(=O)N[C@H]1CCN(c2ccccc2C(F)(F)F)C1. The molecule has 1 aliphatic rings. The highest BCUT2D eigenvalue weighted by molar-refractivity contribution is 5.87. The molecule has 2 rings (SSSR count). The van der Waals surface area contributed by atoms with Crippen LogP contribution in [0.25, 0.3) is 0 Å². The van der Waals surface area contributed by atoms with Gasteiger partial charge in [-0.05, 0) is 24.6 Å². The summed E-state index contributed by atoms with van der Waals surface area (Å²) in [5.41, 5.74) is -0.481. The van der Waals surface area contributed by atoms with Crippen molar-refractivity contribution in [2.75, 3.05) is 18.0 Å². The number of anilines is 1. The van der Waals surface area contributed by atoms with Crippen molar-refractivity contribution in [3.8, 4) is 0 Å². The molecule has 0 saturated carbocycles. The maximum absolute atomic E-state index is 13.0. The second kappa shape index (κ2) is 5.56. The van der Waals surface area contributed by atoms with Crippen molar-refractivity contribution in [1.29, 1.82) is 0 Å². The van der Waals surface area contributed by atoms with E-state index in [2.05, 4.69) is 11.9 Å². The van der Waals surface area contributed by atoms with Gasteiger partial charge in [0.25, 0.3) is 0 Å². The van der Waals surface area contributed by atoms with Crippen LogP contribution in [0.4, 0.5) is 18.9 Å². The molecule has 20 heavy (non-hydrogen) atoms. The number of rotatable bonds is 3. The first-order chi connectivity index (χ1) is 9.41. The van der Waals surface area contributed by atoms with Crippen molar-refractivity contribution in [2.45, 2.75) is 18.6 Å². The number of hydrogen-bond acceptors (Lipinski definition) is 2. The number of carbonyl (C=O) groups excluding carboxylic acids is 1. The summed E-state index contributed by atoms with van der Waals surface area (Å²) in [7, 11) is 0. The van der Waals surface area contributed by atoms with Gasteiger partial charge in [-0.1, -0.05) is 18.7 Å². The number of para-hydroxylation sites is 1. The second-order valence-corrected chi connectivity index (χ2v) is 4.66. The van der Waals surface area contributed by atoms with Crippen LogP contribution < -0.4 is 10.2 Å². The molecular formula is C14H15F3N2O. The number of nitrogens with one attached hydrogen (secondary N) is 1. The highest BCUT2D eigenvalue weighted by atomic mass is 19.4. The van der Waals surface area contributed by atoms with Gasteiger partial charge in [-0.3, -0.25) is 4.79 Å². The smallest absolute Gasteiger partial charge is 0.369 e. The van der Waals surface area contributed by atoms with Crippen LogP contribution in [0.3, 0.4) is 0 Å².